The summed E-state index contributed by atoms with van der Waals surface area (Å²) < 4.78 is 10.9. The van der Waals surface area contributed by atoms with E-state index >= 15 is 0 Å². The second-order valence-corrected chi connectivity index (χ2v) is 5.13. The molecule has 1 aliphatic rings. The molecule has 3 rings (SSSR count). The molecular weight excluding hydrogens is 314 g/mol. The lowest BCUT2D eigenvalue weighted by atomic mass is 10.1. The molecular formula is C17H13NO6. The Morgan fingerprint density at radius 1 is 0.875 bits per heavy atom. The summed E-state index contributed by atoms with van der Waals surface area (Å²) in [5.74, 6) is -0.509. The number of rotatable bonds is 6. The molecule has 7 heteroatoms. The molecule has 24 heavy (non-hydrogen) atoms. The van der Waals surface area contributed by atoms with Crippen LogP contribution < -0.4 is 9.47 Å². The van der Waals surface area contributed by atoms with Gasteiger partial charge in [-0.15, -0.1) is 0 Å². The number of nitro groups is 1. The van der Waals surface area contributed by atoms with E-state index in [-0.39, 0.29) is 17.7 Å². The van der Waals surface area contributed by atoms with Crippen molar-refractivity contribution >= 4 is 11.6 Å². The molecule has 122 valence electrons. The third-order valence-electron chi connectivity index (χ3n) is 3.59. The molecule has 0 aliphatic heterocycles. The minimum Gasteiger partial charge on any atom is -0.490 e. The van der Waals surface area contributed by atoms with E-state index in [2.05, 4.69) is 0 Å². The van der Waals surface area contributed by atoms with Crippen molar-refractivity contribution in [2.45, 2.75) is 6.04 Å². The number of hydrogen-bond acceptors (Lipinski definition) is 6. The topological polar surface area (TPSA) is 95.7 Å². The summed E-state index contributed by atoms with van der Waals surface area (Å²) in [7, 11) is 0. The molecule has 1 aliphatic carbocycles. The highest BCUT2D eigenvalue weighted by molar-refractivity contribution is 6.28. The summed E-state index contributed by atoms with van der Waals surface area (Å²) >= 11 is 0. The van der Waals surface area contributed by atoms with Crippen LogP contribution in [-0.2, 0) is 0 Å². The van der Waals surface area contributed by atoms with Crippen molar-refractivity contribution in [1.82, 2.24) is 0 Å². The summed E-state index contributed by atoms with van der Waals surface area (Å²) in [5, 5.41) is 10.8. The van der Waals surface area contributed by atoms with Crippen LogP contribution in [0.2, 0.25) is 0 Å². The Morgan fingerprint density at radius 2 is 1.50 bits per heavy atom. The molecule has 0 spiro atoms. The van der Waals surface area contributed by atoms with E-state index in [4.69, 9.17) is 9.47 Å². The van der Waals surface area contributed by atoms with Crippen LogP contribution in [0.3, 0.4) is 0 Å². The van der Waals surface area contributed by atoms with Crippen molar-refractivity contribution in [2.75, 3.05) is 13.2 Å². The predicted molar refractivity (Wildman–Crippen MR) is 83.3 cm³/mol. The fourth-order valence-electron chi connectivity index (χ4n) is 2.47. The molecule has 0 bridgehead atoms. The van der Waals surface area contributed by atoms with Gasteiger partial charge in [-0.1, -0.05) is 18.2 Å². The second-order valence-electron chi connectivity index (χ2n) is 5.13. The lowest BCUT2D eigenvalue weighted by Crippen LogP contribution is -2.31. The lowest BCUT2D eigenvalue weighted by Gasteiger charge is -2.08. The fourth-order valence-corrected chi connectivity index (χ4v) is 2.47. The summed E-state index contributed by atoms with van der Waals surface area (Å²) in [4.78, 5) is 33.8. The van der Waals surface area contributed by atoms with Crippen molar-refractivity contribution in [1.29, 1.82) is 0 Å². The summed E-state index contributed by atoms with van der Waals surface area (Å²) in [6, 6.07) is 11.6. The standard InChI is InChI=1S/C17H13NO6/c19-16-13-7-6-12(10-14(13)17(20)15(16)18(21)22)24-9-8-23-11-4-2-1-3-5-11/h1-7,10,15H,8-9H2. The van der Waals surface area contributed by atoms with E-state index in [9.17, 15) is 19.7 Å². The van der Waals surface area contributed by atoms with Gasteiger partial charge in [0.05, 0.1) is 0 Å². The number of para-hydroxylation sites is 1. The molecule has 1 unspecified atom stereocenters. The zero-order chi connectivity index (χ0) is 17.1. The summed E-state index contributed by atoms with van der Waals surface area (Å²) in [5.41, 5.74) is 0.0952. The van der Waals surface area contributed by atoms with E-state index in [1.165, 1.54) is 18.2 Å². The highest BCUT2D eigenvalue weighted by Crippen LogP contribution is 2.27. The first-order chi connectivity index (χ1) is 11.6. The van der Waals surface area contributed by atoms with Gasteiger partial charge in [0, 0.05) is 16.1 Å². The number of ketones is 2. The monoisotopic (exact) mass is 327 g/mol. The SMILES string of the molecule is O=C1c2ccc(OCCOc3ccccc3)cc2C(=O)C1[N+](=O)[O-]. The fraction of sp³-hybridized carbons (Fsp3) is 0.176. The van der Waals surface area contributed by atoms with Gasteiger partial charge in [-0.05, 0) is 30.3 Å². The number of carbonyl (C=O) groups is 2. The van der Waals surface area contributed by atoms with Crippen LogP contribution in [0.1, 0.15) is 20.7 Å². The maximum Gasteiger partial charge on any atom is 0.336 e. The minimum atomic E-state index is -1.84. The smallest absolute Gasteiger partial charge is 0.336 e. The Morgan fingerprint density at radius 3 is 2.17 bits per heavy atom. The van der Waals surface area contributed by atoms with Crippen molar-refractivity contribution in [3.63, 3.8) is 0 Å². The van der Waals surface area contributed by atoms with Crippen LogP contribution in [0.5, 0.6) is 11.5 Å². The highest BCUT2D eigenvalue weighted by atomic mass is 16.6. The Kier molecular flexibility index (Phi) is 4.24. The van der Waals surface area contributed by atoms with Gasteiger partial charge in [0.2, 0.25) is 11.6 Å². The number of nitrogens with zero attached hydrogens (tertiary/aromatic N) is 1. The maximum absolute atomic E-state index is 12.0. The van der Waals surface area contributed by atoms with Gasteiger partial charge in [-0.2, -0.15) is 0 Å². The zero-order valence-electron chi connectivity index (χ0n) is 12.5. The van der Waals surface area contributed by atoms with Crippen LogP contribution in [0.4, 0.5) is 0 Å². The summed E-state index contributed by atoms with van der Waals surface area (Å²) in [6.07, 6.45) is 0. The van der Waals surface area contributed by atoms with Gasteiger partial charge in [-0.25, -0.2) is 0 Å². The average Bonchev–Trinajstić information content (AvgIpc) is 2.83. The molecule has 0 heterocycles. The van der Waals surface area contributed by atoms with E-state index in [1.807, 2.05) is 30.3 Å². The van der Waals surface area contributed by atoms with Crippen LogP contribution in [0.15, 0.2) is 48.5 Å². The second kappa shape index (κ2) is 6.49. The van der Waals surface area contributed by atoms with Gasteiger partial charge >= 0.3 is 6.04 Å². The van der Waals surface area contributed by atoms with Crippen LogP contribution in [0.25, 0.3) is 0 Å². The molecule has 0 N–H and O–H groups in total. The number of ether oxygens (including phenoxy) is 2. The Balaban J connectivity index is 1.62. The average molecular weight is 327 g/mol. The van der Waals surface area contributed by atoms with Gasteiger partial charge < -0.3 is 9.47 Å². The van der Waals surface area contributed by atoms with E-state index < -0.39 is 22.5 Å². The normalized spacial score (nSPS) is 15.9. The molecule has 0 saturated heterocycles. The maximum atomic E-state index is 12.0. The third kappa shape index (κ3) is 2.96. The third-order valence-corrected chi connectivity index (χ3v) is 3.59. The van der Waals surface area contributed by atoms with E-state index in [0.717, 1.165) is 0 Å². The van der Waals surface area contributed by atoms with Gasteiger partial charge in [0.15, 0.2) is 0 Å². The number of hydrogen-bond donors (Lipinski definition) is 0. The van der Waals surface area contributed by atoms with Crippen molar-refractivity contribution < 1.29 is 24.0 Å². The molecule has 0 fully saturated rings. The van der Waals surface area contributed by atoms with Crippen LogP contribution in [-0.4, -0.2) is 35.7 Å². The van der Waals surface area contributed by atoms with Crippen LogP contribution in [0, 0.1) is 10.1 Å². The molecule has 2 aromatic carbocycles. The summed E-state index contributed by atoms with van der Waals surface area (Å²) in [6.45, 7) is 0.528. The number of carbonyl (C=O) groups excluding carboxylic acids is 2. The molecule has 1 atom stereocenters. The molecule has 0 amide bonds. The van der Waals surface area contributed by atoms with Gasteiger partial charge in [0.1, 0.15) is 24.7 Å². The zero-order valence-corrected chi connectivity index (χ0v) is 12.5. The van der Waals surface area contributed by atoms with E-state index in [1.54, 1.807) is 0 Å². The number of Topliss-reactive ketones (excluding diaryl/α,β-unsaturated/α-hetero) is 2. The minimum absolute atomic E-state index is 0.0307. The van der Waals surface area contributed by atoms with Crippen molar-refractivity contribution in [3.05, 3.63) is 69.8 Å². The van der Waals surface area contributed by atoms with Crippen molar-refractivity contribution in [2.24, 2.45) is 0 Å². The molecule has 0 radical (unpaired) electrons. The van der Waals surface area contributed by atoms with Gasteiger partial charge in [-0.3, -0.25) is 19.7 Å². The quantitative estimate of drug-likeness (QED) is 0.349. The largest absolute Gasteiger partial charge is 0.490 e. The number of fused-ring (bicyclic) bond motifs is 1. The molecule has 0 aromatic heterocycles. The Bertz CT molecular complexity index is 802. The highest BCUT2D eigenvalue weighted by Gasteiger charge is 2.47. The Hall–Kier alpha value is -3.22. The lowest BCUT2D eigenvalue weighted by molar-refractivity contribution is -0.488. The molecule has 2 aromatic rings. The Labute approximate surface area is 137 Å². The predicted octanol–water partition coefficient (Wildman–Crippen LogP) is 2.17. The first-order valence-electron chi connectivity index (χ1n) is 7.24. The number of benzene rings is 2. The first-order valence-corrected chi connectivity index (χ1v) is 7.24. The van der Waals surface area contributed by atoms with Gasteiger partial charge in [0.25, 0.3) is 0 Å². The van der Waals surface area contributed by atoms with Crippen LogP contribution >= 0.6 is 0 Å². The molecule has 0 saturated carbocycles. The molecule has 7 nitrogen and oxygen atoms in total. The van der Waals surface area contributed by atoms with E-state index in [0.29, 0.717) is 18.1 Å². The first kappa shape index (κ1) is 15.7. The van der Waals surface area contributed by atoms with Crippen molar-refractivity contribution in [3.8, 4) is 11.5 Å².